The van der Waals surface area contributed by atoms with Crippen LogP contribution in [0.2, 0.25) is 0 Å². The van der Waals surface area contributed by atoms with Gasteiger partial charge in [0.1, 0.15) is 11.8 Å². The Balaban J connectivity index is 0.000000239. The summed E-state index contributed by atoms with van der Waals surface area (Å²) in [4.78, 5) is 151. The molecule has 12 aromatic carbocycles. The normalized spacial score (nSPS) is 11.2. The first-order chi connectivity index (χ1) is 69.4. The standard InChI is InChI=1S/C18H15F6NO.2C18H20N2O5S.C17H16N2O4.C17H15NO5.C16H13F2NO4/c1-11(26)16-5-3-2-4-13(16)10-25-9-12-6-14(17(19,20)21)8-15(7-12)18(22,23)24;1-3-20(26(2,24)25)12-13-7-6-8-14(11-13)19-17(21)15-9-4-5-10-16(15)18(22)23;1-3-26(24,25)20(2)12-13-7-6-8-14(11-13)19-17(21)15-9-4-5-10-16(15)18(22)23;18-15(20)10-7-11-5-8-12(9-6-11)19-16(21)13-3-1-2-4-14(13)17(22)23;19-15(12-8-4-5-9-13(12)16(20)21)18-14(17(22)23)10-11-6-2-1-3-7-11;17-16(18)23-13-8-4-1-5-10(13)9-19-14(20)11-6-2-3-7-12(11)15(21)22/h2-8,25H,9-10H2,1H3;2*4-11H,3,12H2,1-2H3,(H,19,21)(H,22,23);1-6,8-9H,7,10H2,(H2,18,20)(H,19,21)(H,22,23);1-9,14H,10H2,(H,18,19)(H,20,21)(H,22,23);1-8,16H,9H2,(H,19,20)(H,21,22). The van der Waals surface area contributed by atoms with Crippen molar-refractivity contribution in [3.63, 3.8) is 0 Å². The Kier molecular flexibility index (Phi) is 44.2. The van der Waals surface area contributed by atoms with Gasteiger partial charge in [-0.05, 0) is 175 Å². The number of carbonyl (C=O) groups excluding carboxylic acids is 7. The number of aryl methyl sites for hydroxylation is 1. The third-order valence-electron chi connectivity index (χ3n) is 20.9. The van der Waals surface area contributed by atoms with Crippen molar-refractivity contribution in [3.8, 4) is 5.75 Å². The molecule has 0 heterocycles. The average Bonchev–Trinajstić information content (AvgIpc) is 0.802. The molecule has 0 aromatic heterocycles. The third-order valence-corrected chi connectivity index (χ3v) is 24.0. The molecule has 0 bridgehead atoms. The Hall–Kier alpha value is -17.0. The zero-order valence-electron chi connectivity index (χ0n) is 78.8. The number of sulfonamides is 2. The van der Waals surface area contributed by atoms with Crippen LogP contribution in [-0.4, -0.2) is 171 Å². The maximum Gasteiger partial charge on any atom is 0.416 e. The number of halogens is 8. The second-order valence-electron chi connectivity index (χ2n) is 31.5. The number of alkyl halides is 8. The van der Waals surface area contributed by atoms with Crippen molar-refractivity contribution in [2.75, 3.05) is 41.6 Å². The van der Waals surface area contributed by atoms with Crippen molar-refractivity contribution < 1.29 is 150 Å². The highest BCUT2D eigenvalue weighted by molar-refractivity contribution is 7.89. The zero-order valence-corrected chi connectivity index (χ0v) is 80.4. The van der Waals surface area contributed by atoms with Crippen molar-refractivity contribution in [1.82, 2.24) is 24.6 Å². The SMILES string of the molecule is CC(=O)c1ccccc1CNCc1cc(C(F)(F)F)cc(C(F)(F)F)c1.CCN(Cc1cccc(NC(=O)c2ccccc2C(=O)O)c1)S(C)(=O)=O.CCS(=O)(=O)N(C)Cc1cccc(NC(=O)c2ccccc2C(=O)O)c1.NC(=O)CCc1ccc(NC(=O)c2ccccc2C(=O)O)cc1.O=C(O)c1ccccc1C(=O)NC(Cc1ccccc1)C(=O)O.O=C(O)c1ccccc1C(=O)NCc1ccccc1OC(F)F. The minimum absolute atomic E-state index is 0.00585. The molecule has 0 aliphatic rings. The van der Waals surface area contributed by atoms with Crippen LogP contribution in [0.4, 0.5) is 52.2 Å². The Morgan fingerprint density at radius 1 is 0.395 bits per heavy atom. The van der Waals surface area contributed by atoms with Crippen molar-refractivity contribution in [2.45, 2.75) is 97.8 Å². The molecule has 147 heavy (non-hydrogen) atoms. The van der Waals surface area contributed by atoms with Gasteiger partial charge in [0.15, 0.2) is 5.78 Å². The van der Waals surface area contributed by atoms with Crippen LogP contribution in [0.25, 0.3) is 0 Å². The zero-order chi connectivity index (χ0) is 109. The highest BCUT2D eigenvalue weighted by atomic mass is 32.2. The van der Waals surface area contributed by atoms with Crippen LogP contribution < -0.4 is 42.4 Å². The summed E-state index contributed by atoms with van der Waals surface area (Å²) >= 11 is 0. The van der Waals surface area contributed by atoms with Crippen LogP contribution in [0.15, 0.2) is 291 Å². The Labute approximate surface area is 837 Å². The van der Waals surface area contributed by atoms with Gasteiger partial charge in [-0.1, -0.05) is 177 Å². The summed E-state index contributed by atoms with van der Waals surface area (Å²) in [7, 11) is -5.14. The van der Waals surface area contributed by atoms with Crippen LogP contribution >= 0.6 is 0 Å². The van der Waals surface area contributed by atoms with E-state index in [1.165, 1.54) is 126 Å². The van der Waals surface area contributed by atoms with Gasteiger partial charge in [0.05, 0.1) is 78.8 Å². The summed E-state index contributed by atoms with van der Waals surface area (Å²) in [5.41, 5.74) is 7.78. The number of para-hydroxylation sites is 1. The number of aliphatic carboxylic acids is 1. The maximum atomic E-state index is 12.8. The summed E-state index contributed by atoms with van der Waals surface area (Å²) in [6, 6.07) is 71.6. The molecule has 33 nitrogen and oxygen atoms in total. The lowest BCUT2D eigenvalue weighted by molar-refractivity contribution is -0.143. The first-order valence-electron chi connectivity index (χ1n) is 43.9. The number of amides is 6. The van der Waals surface area contributed by atoms with E-state index in [9.17, 15) is 130 Å². The number of anilines is 3. The molecule has 0 aliphatic heterocycles. The number of benzene rings is 12. The van der Waals surface area contributed by atoms with E-state index in [0.29, 0.717) is 70.0 Å². The van der Waals surface area contributed by atoms with Gasteiger partial charge in [0.25, 0.3) is 29.5 Å². The first-order valence-corrected chi connectivity index (χ1v) is 47.3. The van der Waals surface area contributed by atoms with E-state index in [-0.39, 0.29) is 136 Å². The van der Waals surface area contributed by atoms with Crippen LogP contribution in [0, 0.1) is 0 Å². The number of hydrogen-bond donors (Lipinski definition) is 13. The molecular weight excluding hydrogens is 1980 g/mol. The number of nitrogens with zero attached hydrogens (tertiary/aromatic N) is 2. The molecule has 14 N–H and O–H groups in total. The van der Waals surface area contributed by atoms with Crippen LogP contribution in [0.1, 0.15) is 191 Å². The number of rotatable bonds is 37. The summed E-state index contributed by atoms with van der Waals surface area (Å²) in [5.74, 6) is -10.7. The number of hydrogen-bond acceptors (Lipinski definition) is 19. The number of nitrogens with two attached hydrogens (primary N) is 1. The molecule has 0 saturated heterocycles. The Bertz CT molecular complexity index is 6930. The summed E-state index contributed by atoms with van der Waals surface area (Å²) in [5, 5.41) is 70.5. The van der Waals surface area contributed by atoms with Gasteiger partial charge < -0.3 is 73.0 Å². The molecule has 1 atom stereocenters. The lowest BCUT2D eigenvalue weighted by Crippen LogP contribution is -2.42. The smallest absolute Gasteiger partial charge is 0.416 e. The molecule has 12 rings (SSSR count). The van der Waals surface area contributed by atoms with Gasteiger partial charge in [-0.25, -0.2) is 49.9 Å². The number of carboxylic acid groups (broad SMARTS) is 6. The second kappa shape index (κ2) is 55.6. The fourth-order valence-electron chi connectivity index (χ4n) is 13.6. The minimum Gasteiger partial charge on any atom is -0.480 e. The summed E-state index contributed by atoms with van der Waals surface area (Å²) in [6.07, 6.45) is -7.71. The van der Waals surface area contributed by atoms with Crippen molar-refractivity contribution in [2.24, 2.45) is 5.73 Å². The first kappa shape index (κ1) is 117. The van der Waals surface area contributed by atoms with Crippen molar-refractivity contribution in [1.29, 1.82) is 0 Å². The monoisotopic (exact) mass is 2070 g/mol. The second-order valence-corrected chi connectivity index (χ2v) is 35.8. The van der Waals surface area contributed by atoms with E-state index in [1.807, 2.05) is 0 Å². The summed E-state index contributed by atoms with van der Waals surface area (Å²) < 4.78 is 156. The Morgan fingerprint density at radius 2 is 0.769 bits per heavy atom. The number of primary amides is 1. The van der Waals surface area contributed by atoms with Gasteiger partial charge in [-0.15, -0.1) is 0 Å². The van der Waals surface area contributed by atoms with Gasteiger partial charge in [0, 0.05) is 87.3 Å². The van der Waals surface area contributed by atoms with E-state index in [4.69, 9.17) is 21.1 Å². The highest BCUT2D eigenvalue weighted by Gasteiger charge is 2.37. The lowest BCUT2D eigenvalue weighted by atomic mass is 10.0. The molecule has 772 valence electrons. The average molecular weight is 2080 g/mol. The number of ether oxygens (including phenoxy) is 1. The molecule has 0 radical (unpaired) electrons. The molecular formula is C104H99F8N9O24S2. The molecule has 0 aliphatic carbocycles. The number of aromatic carboxylic acids is 5. The van der Waals surface area contributed by atoms with Crippen molar-refractivity contribution in [3.05, 3.63) is 402 Å². The van der Waals surface area contributed by atoms with E-state index < -0.39 is 122 Å². The maximum absolute atomic E-state index is 12.8. The predicted molar refractivity (Wildman–Crippen MR) is 526 cm³/mol. The van der Waals surface area contributed by atoms with Crippen LogP contribution in [-0.2, 0) is 87.6 Å². The van der Waals surface area contributed by atoms with Gasteiger partial charge in [0.2, 0.25) is 26.0 Å². The topological polar surface area (TPSA) is 525 Å². The highest BCUT2D eigenvalue weighted by Crippen LogP contribution is 2.37. The Morgan fingerprint density at radius 3 is 1.16 bits per heavy atom. The quantitative estimate of drug-likeness (QED) is 0.0127. The van der Waals surface area contributed by atoms with Gasteiger partial charge >= 0.3 is 54.8 Å². The van der Waals surface area contributed by atoms with Crippen LogP contribution in [0.5, 0.6) is 5.75 Å². The molecule has 1 unspecified atom stereocenters. The molecule has 0 saturated carbocycles. The van der Waals surface area contributed by atoms with Gasteiger partial charge in [-0.2, -0.15) is 39.4 Å². The lowest BCUT2D eigenvalue weighted by Gasteiger charge is -2.18. The molecule has 0 fully saturated rings. The number of carbonyl (C=O) groups is 13. The fraction of sp³-hybridized carbons (Fsp3) is 0.183. The number of nitrogens with one attached hydrogen (secondary N) is 6. The van der Waals surface area contributed by atoms with E-state index in [0.717, 1.165) is 17.4 Å². The molecule has 12 aromatic rings. The third kappa shape index (κ3) is 37.7. The molecule has 6 amide bonds. The van der Waals surface area contributed by atoms with Crippen molar-refractivity contribution >= 4 is 114 Å². The number of ketones is 1. The predicted octanol–water partition coefficient (Wildman–Crippen LogP) is 16.8. The van der Waals surface area contributed by atoms with E-state index >= 15 is 0 Å². The molecule has 43 heteroatoms. The number of carboxylic acids is 6. The minimum atomic E-state index is -4.88. The fourth-order valence-corrected chi connectivity index (χ4v) is 15.2. The largest absolute Gasteiger partial charge is 0.480 e. The van der Waals surface area contributed by atoms with Gasteiger partial charge in [-0.3, -0.25) is 33.6 Å². The van der Waals surface area contributed by atoms with E-state index in [1.54, 1.807) is 184 Å². The summed E-state index contributed by atoms with van der Waals surface area (Å²) in [6.45, 7) is 2.26. The molecule has 0 spiro atoms. The van der Waals surface area contributed by atoms with Crippen LogP contribution in [0.3, 0.4) is 0 Å². The number of Topliss-reactive ketones (excluding diaryl/α,β-unsaturated/α-hetero) is 1. The van der Waals surface area contributed by atoms with E-state index in [2.05, 4.69) is 36.6 Å².